The Bertz CT molecular complexity index is 196. The van der Waals surface area contributed by atoms with Crippen LogP contribution in [0.15, 0.2) is 0 Å². The van der Waals surface area contributed by atoms with Crippen molar-refractivity contribution in [2.24, 2.45) is 5.92 Å². The summed E-state index contributed by atoms with van der Waals surface area (Å²) >= 11 is 0. The topological polar surface area (TPSA) is 49.8 Å². The van der Waals surface area contributed by atoms with Crippen molar-refractivity contribution in [1.82, 2.24) is 4.90 Å². The highest BCUT2D eigenvalue weighted by atomic mass is 16.5. The zero-order chi connectivity index (χ0) is 11.1. The quantitative estimate of drug-likeness (QED) is 0.700. The molecule has 1 heterocycles. The second kappa shape index (κ2) is 6.80. The van der Waals surface area contributed by atoms with Gasteiger partial charge in [0.1, 0.15) is 0 Å². The van der Waals surface area contributed by atoms with Gasteiger partial charge >= 0.3 is 5.97 Å². The molecule has 4 nitrogen and oxygen atoms in total. The number of likely N-dealkylation sites (tertiary alicyclic amines) is 1. The summed E-state index contributed by atoms with van der Waals surface area (Å²) in [6, 6.07) is 0. The van der Waals surface area contributed by atoms with E-state index in [0.717, 1.165) is 6.54 Å². The van der Waals surface area contributed by atoms with Gasteiger partial charge in [-0.15, -0.1) is 0 Å². The highest BCUT2D eigenvalue weighted by Gasteiger charge is 2.15. The van der Waals surface area contributed by atoms with Crippen molar-refractivity contribution in [1.29, 1.82) is 0 Å². The molecule has 15 heavy (non-hydrogen) atoms. The first-order chi connectivity index (χ1) is 7.18. The van der Waals surface area contributed by atoms with Crippen LogP contribution in [0.4, 0.5) is 0 Å². The molecule has 88 valence electrons. The molecule has 0 spiro atoms. The Labute approximate surface area is 91.2 Å². The second-order valence-corrected chi connectivity index (χ2v) is 4.34. The average molecular weight is 215 g/mol. The van der Waals surface area contributed by atoms with Gasteiger partial charge < -0.3 is 14.7 Å². The van der Waals surface area contributed by atoms with Gasteiger partial charge in [0.05, 0.1) is 19.6 Å². The molecule has 1 aliphatic heterocycles. The molecule has 0 radical (unpaired) electrons. The minimum absolute atomic E-state index is 0.114. The zero-order valence-electron chi connectivity index (χ0n) is 9.45. The Balaban J connectivity index is 2.11. The van der Waals surface area contributed by atoms with E-state index in [1.165, 1.54) is 25.8 Å². The first-order valence-electron chi connectivity index (χ1n) is 5.66. The maximum absolute atomic E-state index is 10.3. The van der Waals surface area contributed by atoms with E-state index in [4.69, 9.17) is 9.84 Å². The van der Waals surface area contributed by atoms with Gasteiger partial charge in [-0.3, -0.25) is 4.79 Å². The van der Waals surface area contributed by atoms with Crippen LogP contribution < -0.4 is 0 Å². The van der Waals surface area contributed by atoms with Crippen LogP contribution in [0.25, 0.3) is 0 Å². The van der Waals surface area contributed by atoms with E-state index in [1.54, 1.807) is 0 Å². The summed E-state index contributed by atoms with van der Waals surface area (Å²) in [5.74, 6) is -0.209. The van der Waals surface area contributed by atoms with Crippen molar-refractivity contribution >= 4 is 5.97 Å². The van der Waals surface area contributed by atoms with Crippen molar-refractivity contribution in [2.45, 2.75) is 25.7 Å². The van der Waals surface area contributed by atoms with Crippen LogP contribution in [0, 0.1) is 5.92 Å². The van der Waals surface area contributed by atoms with Crippen LogP contribution in [-0.2, 0) is 9.53 Å². The predicted molar refractivity (Wildman–Crippen MR) is 57.9 cm³/mol. The third-order valence-electron chi connectivity index (χ3n) is 2.79. The minimum Gasteiger partial charge on any atom is -0.481 e. The van der Waals surface area contributed by atoms with Gasteiger partial charge in [0.25, 0.3) is 0 Å². The highest BCUT2D eigenvalue weighted by Crippen LogP contribution is 2.15. The predicted octanol–water partition coefficient (Wildman–Crippen LogP) is 1.21. The Morgan fingerprint density at radius 3 is 3.07 bits per heavy atom. The molecule has 0 aromatic heterocycles. The Hall–Kier alpha value is -0.610. The number of hydrogen-bond donors (Lipinski definition) is 1. The largest absolute Gasteiger partial charge is 0.481 e. The maximum atomic E-state index is 10.3. The van der Waals surface area contributed by atoms with Crippen LogP contribution in [-0.4, -0.2) is 49.3 Å². The summed E-state index contributed by atoms with van der Waals surface area (Å²) in [6.45, 7) is 3.30. The van der Waals surface area contributed by atoms with Crippen molar-refractivity contribution in [3.05, 3.63) is 0 Å². The first-order valence-corrected chi connectivity index (χ1v) is 5.66. The van der Waals surface area contributed by atoms with Gasteiger partial charge in [-0.05, 0) is 32.4 Å². The summed E-state index contributed by atoms with van der Waals surface area (Å²) in [6.07, 6.45) is 3.85. The molecule has 4 heteroatoms. The lowest BCUT2D eigenvalue weighted by Crippen LogP contribution is -2.26. The number of ether oxygens (including phenoxy) is 1. The summed E-state index contributed by atoms with van der Waals surface area (Å²) in [4.78, 5) is 12.6. The van der Waals surface area contributed by atoms with Crippen LogP contribution in [0.2, 0.25) is 0 Å². The molecule has 0 saturated carbocycles. The summed E-state index contributed by atoms with van der Waals surface area (Å²) in [5, 5.41) is 8.45. The number of hydrogen-bond acceptors (Lipinski definition) is 3. The molecule has 1 N–H and O–H groups in total. The normalized spacial score (nSPS) is 23.7. The fourth-order valence-corrected chi connectivity index (χ4v) is 1.98. The van der Waals surface area contributed by atoms with Crippen molar-refractivity contribution < 1.29 is 14.6 Å². The van der Waals surface area contributed by atoms with Crippen LogP contribution >= 0.6 is 0 Å². The lowest BCUT2D eigenvalue weighted by Gasteiger charge is -2.19. The molecule has 1 unspecified atom stereocenters. The third kappa shape index (κ3) is 5.74. The van der Waals surface area contributed by atoms with Gasteiger partial charge in [0, 0.05) is 6.54 Å². The third-order valence-corrected chi connectivity index (χ3v) is 2.79. The van der Waals surface area contributed by atoms with E-state index in [-0.39, 0.29) is 6.42 Å². The van der Waals surface area contributed by atoms with Crippen LogP contribution in [0.5, 0.6) is 0 Å². The van der Waals surface area contributed by atoms with Crippen LogP contribution in [0.3, 0.4) is 0 Å². The molecule has 0 aromatic carbocycles. The molecule has 1 rings (SSSR count). The zero-order valence-corrected chi connectivity index (χ0v) is 9.45. The van der Waals surface area contributed by atoms with Gasteiger partial charge in [-0.25, -0.2) is 0 Å². The summed E-state index contributed by atoms with van der Waals surface area (Å²) in [7, 11) is 2.13. The fourth-order valence-electron chi connectivity index (χ4n) is 1.98. The number of nitrogens with zero attached hydrogens (tertiary/aromatic N) is 1. The molecule has 0 bridgehead atoms. The SMILES string of the molecule is CN1CCCCC(COCCC(=O)O)C1. The Morgan fingerprint density at radius 2 is 2.33 bits per heavy atom. The summed E-state index contributed by atoms with van der Waals surface area (Å²) < 4.78 is 5.38. The van der Waals surface area contributed by atoms with E-state index < -0.39 is 5.97 Å². The van der Waals surface area contributed by atoms with Gasteiger partial charge in [0.2, 0.25) is 0 Å². The minimum atomic E-state index is -0.784. The second-order valence-electron chi connectivity index (χ2n) is 4.34. The molecule has 1 atom stereocenters. The Morgan fingerprint density at radius 1 is 1.53 bits per heavy atom. The molecular weight excluding hydrogens is 194 g/mol. The Kier molecular flexibility index (Phi) is 5.65. The van der Waals surface area contributed by atoms with Crippen molar-refractivity contribution in [3.8, 4) is 0 Å². The highest BCUT2D eigenvalue weighted by molar-refractivity contribution is 5.66. The summed E-state index contributed by atoms with van der Waals surface area (Å²) in [5.41, 5.74) is 0. The molecule has 0 amide bonds. The van der Waals surface area contributed by atoms with Gasteiger partial charge in [-0.2, -0.15) is 0 Å². The van der Waals surface area contributed by atoms with E-state index in [1.807, 2.05) is 0 Å². The van der Waals surface area contributed by atoms with Gasteiger partial charge in [-0.1, -0.05) is 6.42 Å². The molecule has 1 saturated heterocycles. The lowest BCUT2D eigenvalue weighted by molar-refractivity contribution is -0.138. The fraction of sp³-hybridized carbons (Fsp3) is 0.909. The molecule has 1 fully saturated rings. The number of rotatable bonds is 5. The van der Waals surface area contributed by atoms with Crippen molar-refractivity contribution in [3.63, 3.8) is 0 Å². The maximum Gasteiger partial charge on any atom is 0.305 e. The molecule has 1 aliphatic rings. The smallest absolute Gasteiger partial charge is 0.305 e. The lowest BCUT2D eigenvalue weighted by atomic mass is 10.1. The standard InChI is InChI=1S/C11H21NO3/c1-12-6-3-2-4-10(8-12)9-15-7-5-11(13)14/h10H,2-9H2,1H3,(H,13,14). The number of carboxylic acid groups (broad SMARTS) is 1. The van der Waals surface area contributed by atoms with Crippen molar-refractivity contribution in [2.75, 3.05) is 33.4 Å². The average Bonchev–Trinajstić information content (AvgIpc) is 2.37. The number of aliphatic carboxylic acids is 1. The number of carboxylic acids is 1. The molecule has 0 aromatic rings. The molecule has 0 aliphatic carbocycles. The first kappa shape index (κ1) is 12.5. The van der Waals surface area contributed by atoms with E-state index in [2.05, 4.69) is 11.9 Å². The van der Waals surface area contributed by atoms with Gasteiger partial charge in [0.15, 0.2) is 0 Å². The van der Waals surface area contributed by atoms with E-state index in [9.17, 15) is 4.79 Å². The van der Waals surface area contributed by atoms with E-state index >= 15 is 0 Å². The number of carbonyl (C=O) groups is 1. The van der Waals surface area contributed by atoms with E-state index in [0.29, 0.717) is 19.1 Å². The molecular formula is C11H21NO3. The monoisotopic (exact) mass is 215 g/mol. The van der Waals surface area contributed by atoms with Crippen LogP contribution in [0.1, 0.15) is 25.7 Å².